The molecule has 0 saturated carbocycles. The maximum atomic E-state index is 13.7. The first-order valence-electron chi connectivity index (χ1n) is 10.4. The fraction of sp³-hybridized carbons (Fsp3) is 0.550. The van der Waals surface area contributed by atoms with Crippen LogP contribution in [0.25, 0.3) is 0 Å². The first kappa shape index (κ1) is 25.0. The number of sulfonamides is 1. The van der Waals surface area contributed by atoms with Gasteiger partial charge in [0.15, 0.2) is 6.04 Å². The standard InChI is InChI=1S/C20H26F2N4O6S/c1-2-13-14(26-9-10-32-11-16(26)27)5-3-6-15(13)33(30,31)24-17(18(23)28)19(29)25-8-4-7-20(21,22)12-25/h3,5-6,17,24H,2,4,7-12H2,1H3,(H2,23,28)/t17-/m0/s1. The Morgan fingerprint density at radius 3 is 2.64 bits per heavy atom. The molecular weight excluding hydrogens is 462 g/mol. The molecular formula is C20H26F2N4O6S. The van der Waals surface area contributed by atoms with Gasteiger partial charge in [0, 0.05) is 25.2 Å². The third-order valence-electron chi connectivity index (χ3n) is 5.54. The molecule has 3 rings (SSSR count). The minimum atomic E-state index is -4.49. The van der Waals surface area contributed by atoms with Gasteiger partial charge in [-0.3, -0.25) is 14.4 Å². The number of amides is 3. The average molecular weight is 489 g/mol. The van der Waals surface area contributed by atoms with Gasteiger partial charge >= 0.3 is 0 Å². The van der Waals surface area contributed by atoms with Crippen LogP contribution in [0.5, 0.6) is 0 Å². The number of hydrogen-bond donors (Lipinski definition) is 2. The van der Waals surface area contributed by atoms with Gasteiger partial charge in [-0.15, -0.1) is 0 Å². The summed E-state index contributed by atoms with van der Waals surface area (Å²) in [6.07, 6.45) is -0.187. The summed E-state index contributed by atoms with van der Waals surface area (Å²) in [5.41, 5.74) is 5.92. The summed E-state index contributed by atoms with van der Waals surface area (Å²) in [6, 6.07) is 2.24. The van der Waals surface area contributed by atoms with Crippen molar-refractivity contribution < 1.29 is 36.3 Å². The van der Waals surface area contributed by atoms with Crippen LogP contribution in [0.4, 0.5) is 14.5 Å². The number of primary amides is 1. The van der Waals surface area contributed by atoms with Gasteiger partial charge in [0.05, 0.1) is 18.0 Å². The van der Waals surface area contributed by atoms with Gasteiger partial charge in [0.25, 0.3) is 17.7 Å². The first-order chi connectivity index (χ1) is 15.5. The Morgan fingerprint density at radius 1 is 1.30 bits per heavy atom. The molecule has 2 aliphatic rings. The fourth-order valence-corrected chi connectivity index (χ4v) is 5.46. The van der Waals surface area contributed by atoms with E-state index in [-0.39, 0.29) is 49.9 Å². The number of nitrogens with one attached hydrogen (secondary N) is 1. The monoisotopic (exact) mass is 488 g/mol. The summed E-state index contributed by atoms with van der Waals surface area (Å²) in [5.74, 6) is -5.92. The van der Waals surface area contributed by atoms with Crippen molar-refractivity contribution in [1.82, 2.24) is 9.62 Å². The quantitative estimate of drug-likeness (QED) is 0.518. The van der Waals surface area contributed by atoms with Crippen molar-refractivity contribution in [1.29, 1.82) is 0 Å². The highest BCUT2D eigenvalue weighted by Crippen LogP contribution is 2.30. The topological polar surface area (TPSA) is 139 Å². The Labute approximate surface area is 190 Å². The van der Waals surface area contributed by atoms with E-state index in [2.05, 4.69) is 0 Å². The second-order valence-electron chi connectivity index (χ2n) is 7.88. The number of benzene rings is 1. The summed E-state index contributed by atoms with van der Waals surface area (Å²) < 4.78 is 61.0. The number of anilines is 1. The van der Waals surface area contributed by atoms with Crippen molar-refractivity contribution in [2.24, 2.45) is 5.73 Å². The molecule has 0 aliphatic carbocycles. The molecule has 3 amide bonds. The van der Waals surface area contributed by atoms with Gasteiger partial charge in [-0.1, -0.05) is 13.0 Å². The van der Waals surface area contributed by atoms with Crippen molar-refractivity contribution in [2.75, 3.05) is 37.7 Å². The van der Waals surface area contributed by atoms with E-state index in [1.807, 2.05) is 4.72 Å². The largest absolute Gasteiger partial charge is 0.370 e. The summed E-state index contributed by atoms with van der Waals surface area (Å²) in [7, 11) is -4.49. The van der Waals surface area contributed by atoms with E-state index in [1.54, 1.807) is 13.0 Å². The minimum Gasteiger partial charge on any atom is -0.370 e. The zero-order chi connectivity index (χ0) is 24.4. The molecule has 3 N–H and O–H groups in total. The van der Waals surface area contributed by atoms with Gasteiger partial charge in [-0.25, -0.2) is 17.2 Å². The molecule has 1 aromatic carbocycles. The summed E-state index contributed by atoms with van der Waals surface area (Å²) in [6.45, 7) is 1.09. The molecule has 2 saturated heterocycles. The van der Waals surface area contributed by atoms with Gasteiger partial charge in [0.2, 0.25) is 15.9 Å². The SMILES string of the molecule is CCc1c(N2CCOCC2=O)cccc1S(=O)(=O)N[C@@H](C(N)=O)C(=O)N1CCCC(F)(F)C1. The molecule has 0 bridgehead atoms. The molecule has 1 atom stereocenters. The van der Waals surface area contributed by atoms with Crippen LogP contribution < -0.4 is 15.4 Å². The number of likely N-dealkylation sites (tertiary alicyclic amines) is 1. The zero-order valence-corrected chi connectivity index (χ0v) is 18.9. The van der Waals surface area contributed by atoms with Crippen molar-refractivity contribution >= 4 is 33.4 Å². The van der Waals surface area contributed by atoms with E-state index in [0.29, 0.717) is 11.3 Å². The van der Waals surface area contributed by atoms with Crippen molar-refractivity contribution in [3.63, 3.8) is 0 Å². The maximum Gasteiger partial charge on any atom is 0.265 e. The number of carbonyl (C=O) groups is 3. The van der Waals surface area contributed by atoms with E-state index in [9.17, 15) is 31.6 Å². The molecule has 1 aromatic rings. The van der Waals surface area contributed by atoms with E-state index in [0.717, 1.165) is 4.90 Å². The lowest BCUT2D eigenvalue weighted by atomic mass is 10.1. The van der Waals surface area contributed by atoms with E-state index in [4.69, 9.17) is 10.5 Å². The highest BCUT2D eigenvalue weighted by atomic mass is 32.2. The molecule has 13 heteroatoms. The fourth-order valence-electron chi connectivity index (χ4n) is 3.97. The van der Waals surface area contributed by atoms with Crippen LogP contribution in [0.15, 0.2) is 23.1 Å². The Morgan fingerprint density at radius 2 is 2.03 bits per heavy atom. The van der Waals surface area contributed by atoms with Crippen molar-refractivity contribution in [3.05, 3.63) is 23.8 Å². The predicted octanol–water partition coefficient (Wildman–Crippen LogP) is 0.00210. The van der Waals surface area contributed by atoms with Crippen molar-refractivity contribution in [3.8, 4) is 0 Å². The molecule has 0 aromatic heterocycles. The lowest BCUT2D eigenvalue weighted by molar-refractivity contribution is -0.146. The Hall–Kier alpha value is -2.64. The van der Waals surface area contributed by atoms with Gasteiger partial charge in [-0.2, -0.15) is 4.72 Å². The molecule has 2 aliphatic heterocycles. The first-order valence-corrected chi connectivity index (χ1v) is 11.9. The molecule has 0 spiro atoms. The van der Waals surface area contributed by atoms with Crippen LogP contribution in [0.3, 0.4) is 0 Å². The number of morpholine rings is 1. The molecule has 33 heavy (non-hydrogen) atoms. The number of piperidine rings is 1. The smallest absolute Gasteiger partial charge is 0.265 e. The normalized spacial score (nSPS) is 19.9. The zero-order valence-electron chi connectivity index (χ0n) is 18.1. The van der Waals surface area contributed by atoms with Gasteiger partial charge in [0.1, 0.15) is 6.61 Å². The number of nitrogens with two attached hydrogens (primary N) is 1. The number of ether oxygens (including phenoxy) is 1. The molecule has 10 nitrogen and oxygen atoms in total. The number of nitrogens with zero attached hydrogens (tertiary/aromatic N) is 2. The van der Waals surface area contributed by atoms with E-state index < -0.39 is 46.8 Å². The number of halogens is 2. The number of hydrogen-bond acceptors (Lipinski definition) is 6. The minimum absolute atomic E-state index is 0.00653. The predicted molar refractivity (Wildman–Crippen MR) is 113 cm³/mol. The van der Waals surface area contributed by atoms with Crippen molar-refractivity contribution in [2.45, 2.75) is 43.0 Å². The average Bonchev–Trinajstić information content (AvgIpc) is 2.76. The van der Waals surface area contributed by atoms with Gasteiger partial charge in [-0.05, 0) is 30.5 Å². The third-order valence-corrected chi connectivity index (χ3v) is 7.04. The number of rotatable bonds is 7. The lowest BCUT2D eigenvalue weighted by Gasteiger charge is -2.34. The Bertz CT molecular complexity index is 1050. The van der Waals surface area contributed by atoms with Gasteiger partial charge < -0.3 is 20.3 Å². The molecule has 0 radical (unpaired) electrons. The molecule has 2 heterocycles. The molecule has 182 valence electrons. The van der Waals surface area contributed by atoms with Crippen LogP contribution in [0, 0.1) is 0 Å². The second kappa shape index (κ2) is 9.69. The van der Waals surface area contributed by atoms with E-state index >= 15 is 0 Å². The van der Waals surface area contributed by atoms with Crippen LogP contribution >= 0.6 is 0 Å². The van der Waals surface area contributed by atoms with Crippen LogP contribution in [-0.4, -0.2) is 75.9 Å². The highest BCUT2D eigenvalue weighted by molar-refractivity contribution is 7.89. The summed E-state index contributed by atoms with van der Waals surface area (Å²) in [4.78, 5) is 38.9. The Balaban J connectivity index is 1.92. The maximum absolute atomic E-state index is 13.7. The highest BCUT2D eigenvalue weighted by Gasteiger charge is 2.41. The van der Waals surface area contributed by atoms with Crippen LogP contribution in [0.1, 0.15) is 25.3 Å². The Kier molecular flexibility index (Phi) is 7.34. The number of alkyl halides is 2. The van der Waals surface area contributed by atoms with E-state index in [1.165, 1.54) is 17.0 Å². The molecule has 0 unspecified atom stereocenters. The third kappa shape index (κ3) is 5.47. The summed E-state index contributed by atoms with van der Waals surface area (Å²) >= 11 is 0. The molecule has 2 fully saturated rings. The lowest BCUT2D eigenvalue weighted by Crippen LogP contribution is -2.58. The summed E-state index contributed by atoms with van der Waals surface area (Å²) in [5, 5.41) is 0. The van der Waals surface area contributed by atoms with Crippen LogP contribution in [0.2, 0.25) is 0 Å². The number of carbonyl (C=O) groups excluding carboxylic acids is 3. The second-order valence-corrected chi connectivity index (χ2v) is 9.56. The van der Waals surface area contributed by atoms with Crippen LogP contribution in [-0.2, 0) is 35.6 Å².